The number of nitrogens with two attached hydrogens (primary N) is 1. The molecule has 124 valence electrons. The first-order chi connectivity index (χ1) is 9.95. The highest BCUT2D eigenvalue weighted by molar-refractivity contribution is 5.75. The van der Waals surface area contributed by atoms with Gasteiger partial charge in [0.1, 0.15) is 0 Å². The van der Waals surface area contributed by atoms with E-state index in [0.717, 1.165) is 58.2 Å². The summed E-state index contributed by atoms with van der Waals surface area (Å²) in [6.45, 7) is 9.01. The molecule has 1 fully saturated rings. The van der Waals surface area contributed by atoms with Crippen LogP contribution in [-0.2, 0) is 9.53 Å². The van der Waals surface area contributed by atoms with Crippen molar-refractivity contribution in [1.82, 2.24) is 5.32 Å². The summed E-state index contributed by atoms with van der Waals surface area (Å²) in [5, 5.41) is 3.10. The summed E-state index contributed by atoms with van der Waals surface area (Å²) < 4.78 is 5.95. The van der Waals surface area contributed by atoms with Gasteiger partial charge in [0.2, 0.25) is 5.91 Å². The van der Waals surface area contributed by atoms with Crippen molar-refractivity contribution < 1.29 is 9.53 Å². The number of carbonyl (C=O) groups excluding carboxylic acids is 1. The topological polar surface area (TPSA) is 64.3 Å². The van der Waals surface area contributed by atoms with Crippen molar-refractivity contribution in [2.45, 2.75) is 71.8 Å². The largest absolute Gasteiger partial charge is 0.377 e. The molecule has 0 aromatic heterocycles. The molecular formula is C17H34N2O2. The summed E-state index contributed by atoms with van der Waals surface area (Å²) in [6.07, 6.45) is 7.40. The van der Waals surface area contributed by atoms with Gasteiger partial charge >= 0.3 is 0 Å². The molecule has 2 unspecified atom stereocenters. The smallest absolute Gasteiger partial charge is 0.220 e. The summed E-state index contributed by atoms with van der Waals surface area (Å²) in [4.78, 5) is 11.9. The van der Waals surface area contributed by atoms with Crippen LogP contribution in [0.2, 0.25) is 0 Å². The number of unbranched alkanes of at least 4 members (excludes halogenated alkanes) is 3. The molecule has 0 saturated carbocycles. The third-order valence-corrected chi connectivity index (χ3v) is 4.22. The van der Waals surface area contributed by atoms with E-state index in [1.165, 1.54) is 0 Å². The average molecular weight is 298 g/mol. The number of rotatable bonds is 8. The van der Waals surface area contributed by atoms with Gasteiger partial charge < -0.3 is 15.8 Å². The fraction of sp³-hybridized carbons (Fsp3) is 0.941. The molecule has 1 aliphatic rings. The van der Waals surface area contributed by atoms with Gasteiger partial charge in [0.05, 0.1) is 6.10 Å². The fourth-order valence-corrected chi connectivity index (χ4v) is 3.13. The van der Waals surface area contributed by atoms with Gasteiger partial charge in [-0.25, -0.2) is 0 Å². The molecular weight excluding hydrogens is 264 g/mol. The number of nitrogens with one attached hydrogen (secondary N) is 1. The zero-order valence-corrected chi connectivity index (χ0v) is 14.1. The Morgan fingerprint density at radius 1 is 1.24 bits per heavy atom. The third-order valence-electron chi connectivity index (χ3n) is 4.22. The summed E-state index contributed by atoms with van der Waals surface area (Å²) in [5.74, 6) is 0.626. The number of hydrogen-bond donors (Lipinski definition) is 2. The molecule has 21 heavy (non-hydrogen) atoms. The molecule has 0 aromatic rings. The lowest BCUT2D eigenvalue weighted by molar-refractivity contribution is -0.123. The minimum atomic E-state index is 0.137. The second kappa shape index (κ2) is 9.42. The van der Waals surface area contributed by atoms with Gasteiger partial charge in [-0.2, -0.15) is 0 Å². The molecule has 0 aromatic carbocycles. The number of carbonyl (C=O) groups is 1. The maximum Gasteiger partial charge on any atom is 0.220 e. The van der Waals surface area contributed by atoms with E-state index < -0.39 is 0 Å². The van der Waals surface area contributed by atoms with E-state index in [-0.39, 0.29) is 17.4 Å². The Labute approximate surface area is 130 Å². The van der Waals surface area contributed by atoms with Crippen LogP contribution in [-0.4, -0.2) is 31.7 Å². The van der Waals surface area contributed by atoms with Crippen molar-refractivity contribution in [1.29, 1.82) is 0 Å². The quantitative estimate of drug-likeness (QED) is 0.677. The molecule has 1 saturated heterocycles. The van der Waals surface area contributed by atoms with Crippen LogP contribution in [0.15, 0.2) is 0 Å². The predicted octanol–water partition coefficient (Wildman–Crippen LogP) is 2.85. The van der Waals surface area contributed by atoms with Gasteiger partial charge in [0.15, 0.2) is 0 Å². The maximum atomic E-state index is 11.9. The van der Waals surface area contributed by atoms with Crippen LogP contribution in [0, 0.1) is 11.3 Å². The Kier molecular flexibility index (Phi) is 8.27. The third kappa shape index (κ3) is 7.28. The van der Waals surface area contributed by atoms with Crippen LogP contribution in [0.1, 0.15) is 65.7 Å². The molecule has 0 bridgehead atoms. The van der Waals surface area contributed by atoms with E-state index in [1.54, 1.807) is 0 Å². The number of amides is 1. The van der Waals surface area contributed by atoms with Gasteiger partial charge in [-0.05, 0) is 37.6 Å². The molecule has 0 radical (unpaired) electrons. The molecule has 0 spiro atoms. The highest BCUT2D eigenvalue weighted by atomic mass is 16.5. The van der Waals surface area contributed by atoms with E-state index in [4.69, 9.17) is 10.5 Å². The van der Waals surface area contributed by atoms with E-state index in [2.05, 4.69) is 26.1 Å². The van der Waals surface area contributed by atoms with E-state index in [0.29, 0.717) is 12.3 Å². The molecule has 2 atom stereocenters. The highest BCUT2D eigenvalue weighted by Crippen LogP contribution is 2.33. The summed E-state index contributed by atoms with van der Waals surface area (Å²) in [7, 11) is 0. The summed E-state index contributed by atoms with van der Waals surface area (Å²) in [5.41, 5.74) is 5.59. The lowest BCUT2D eigenvalue weighted by atomic mass is 9.78. The normalized spacial score (nSPS) is 23.0. The average Bonchev–Trinajstić information content (AvgIpc) is 2.44. The second-order valence-electron chi connectivity index (χ2n) is 7.32. The SMILES string of the molecule is CC(C)(C)C1OCCCC1CNC(=O)CCCCCCN. The standard InChI is InChI=1S/C17H34N2O2/c1-17(2,3)16-14(9-8-12-21-16)13-19-15(20)10-6-4-5-7-11-18/h14,16H,4-13,18H2,1-3H3,(H,19,20). The predicted molar refractivity (Wildman–Crippen MR) is 87.1 cm³/mol. The Balaban J connectivity index is 2.24. The molecule has 1 aliphatic heterocycles. The summed E-state index contributed by atoms with van der Waals surface area (Å²) >= 11 is 0. The molecule has 1 amide bonds. The first kappa shape index (κ1) is 18.4. The van der Waals surface area contributed by atoms with Gasteiger partial charge in [0.25, 0.3) is 0 Å². The Bertz CT molecular complexity index is 300. The van der Waals surface area contributed by atoms with Crippen LogP contribution in [0.5, 0.6) is 0 Å². The summed E-state index contributed by atoms with van der Waals surface area (Å²) in [6, 6.07) is 0. The molecule has 3 N–H and O–H groups in total. The zero-order chi connectivity index (χ0) is 15.7. The Hall–Kier alpha value is -0.610. The number of ether oxygens (including phenoxy) is 1. The minimum Gasteiger partial charge on any atom is -0.377 e. The van der Waals surface area contributed by atoms with Crippen molar-refractivity contribution >= 4 is 5.91 Å². The van der Waals surface area contributed by atoms with E-state index in [9.17, 15) is 4.79 Å². The number of hydrogen-bond acceptors (Lipinski definition) is 3. The highest BCUT2D eigenvalue weighted by Gasteiger charge is 2.35. The maximum absolute atomic E-state index is 11.9. The lowest BCUT2D eigenvalue weighted by Crippen LogP contribution is -2.45. The van der Waals surface area contributed by atoms with Crippen LogP contribution in [0.3, 0.4) is 0 Å². The zero-order valence-electron chi connectivity index (χ0n) is 14.1. The van der Waals surface area contributed by atoms with Crippen LogP contribution < -0.4 is 11.1 Å². The lowest BCUT2D eigenvalue weighted by Gasteiger charge is -2.40. The minimum absolute atomic E-state index is 0.137. The van der Waals surface area contributed by atoms with Gasteiger partial charge in [-0.3, -0.25) is 4.79 Å². The molecule has 4 nitrogen and oxygen atoms in total. The van der Waals surface area contributed by atoms with Crippen molar-refractivity contribution in [3.8, 4) is 0 Å². The monoisotopic (exact) mass is 298 g/mol. The molecule has 1 heterocycles. The fourth-order valence-electron chi connectivity index (χ4n) is 3.13. The molecule has 0 aliphatic carbocycles. The van der Waals surface area contributed by atoms with Crippen molar-refractivity contribution in [3.05, 3.63) is 0 Å². The van der Waals surface area contributed by atoms with Gasteiger partial charge in [-0.1, -0.05) is 33.6 Å². The van der Waals surface area contributed by atoms with Gasteiger partial charge in [0, 0.05) is 25.5 Å². The van der Waals surface area contributed by atoms with Crippen LogP contribution >= 0.6 is 0 Å². The first-order valence-electron chi connectivity index (χ1n) is 8.53. The van der Waals surface area contributed by atoms with E-state index in [1.807, 2.05) is 0 Å². The second-order valence-corrected chi connectivity index (χ2v) is 7.32. The van der Waals surface area contributed by atoms with Crippen LogP contribution in [0.4, 0.5) is 0 Å². The molecule has 4 heteroatoms. The molecule has 1 rings (SSSR count). The Morgan fingerprint density at radius 2 is 1.95 bits per heavy atom. The first-order valence-corrected chi connectivity index (χ1v) is 8.53. The van der Waals surface area contributed by atoms with Crippen LogP contribution in [0.25, 0.3) is 0 Å². The Morgan fingerprint density at radius 3 is 2.62 bits per heavy atom. The van der Waals surface area contributed by atoms with E-state index >= 15 is 0 Å². The van der Waals surface area contributed by atoms with Crippen molar-refractivity contribution in [2.24, 2.45) is 17.1 Å². The van der Waals surface area contributed by atoms with Crippen molar-refractivity contribution in [3.63, 3.8) is 0 Å². The van der Waals surface area contributed by atoms with Crippen molar-refractivity contribution in [2.75, 3.05) is 19.7 Å². The van der Waals surface area contributed by atoms with Gasteiger partial charge in [-0.15, -0.1) is 0 Å².